The van der Waals surface area contributed by atoms with Crippen molar-refractivity contribution >= 4 is 11.7 Å². The fourth-order valence-electron chi connectivity index (χ4n) is 4.35. The monoisotopic (exact) mass is 329 g/mol. The van der Waals surface area contributed by atoms with Crippen molar-refractivity contribution in [1.82, 2.24) is 9.80 Å². The maximum absolute atomic E-state index is 12.4. The van der Waals surface area contributed by atoms with Crippen molar-refractivity contribution in [1.29, 1.82) is 0 Å². The molecule has 2 saturated heterocycles. The maximum Gasteiger partial charge on any atom is 0.321 e. The summed E-state index contributed by atoms with van der Waals surface area (Å²) in [7, 11) is 0. The van der Waals surface area contributed by atoms with Crippen LogP contribution < -0.4 is 5.32 Å². The molecule has 24 heavy (non-hydrogen) atoms. The Balaban J connectivity index is 1.43. The van der Waals surface area contributed by atoms with Crippen molar-refractivity contribution in [2.75, 3.05) is 38.0 Å². The van der Waals surface area contributed by atoms with Crippen LogP contribution in [0.3, 0.4) is 0 Å². The number of amides is 2. The molecule has 4 nitrogen and oxygen atoms in total. The van der Waals surface area contributed by atoms with Gasteiger partial charge in [-0.2, -0.15) is 0 Å². The summed E-state index contributed by atoms with van der Waals surface area (Å²) in [4.78, 5) is 17.0. The number of hydrogen-bond donors (Lipinski definition) is 1. The van der Waals surface area contributed by atoms with Crippen LogP contribution >= 0.6 is 0 Å². The predicted molar refractivity (Wildman–Crippen MR) is 99.1 cm³/mol. The Bertz CT molecular complexity index is 515. The molecule has 2 amide bonds. The number of rotatable bonds is 3. The van der Waals surface area contributed by atoms with Gasteiger partial charge in [0.25, 0.3) is 0 Å². The maximum atomic E-state index is 12.4. The number of nitrogens with one attached hydrogen (secondary N) is 1. The lowest BCUT2D eigenvalue weighted by molar-refractivity contribution is 0.101. The van der Waals surface area contributed by atoms with Crippen molar-refractivity contribution < 1.29 is 4.79 Å². The average Bonchev–Trinajstić information content (AvgIpc) is 2.55. The van der Waals surface area contributed by atoms with Gasteiger partial charge in [-0.15, -0.1) is 0 Å². The Morgan fingerprint density at radius 2 is 1.71 bits per heavy atom. The third-order valence-corrected chi connectivity index (χ3v) is 5.39. The molecule has 2 aliphatic heterocycles. The number of carbonyl (C=O) groups is 1. The Labute approximate surface area is 146 Å². The van der Waals surface area contributed by atoms with Gasteiger partial charge in [-0.3, -0.25) is 0 Å². The Kier molecular flexibility index (Phi) is 5.77. The molecule has 0 saturated carbocycles. The fourth-order valence-corrected chi connectivity index (χ4v) is 4.35. The first-order valence-electron chi connectivity index (χ1n) is 9.43. The molecule has 1 N–H and O–H groups in total. The average molecular weight is 329 g/mol. The minimum Gasteiger partial charge on any atom is -0.325 e. The fraction of sp³-hybridized carbons (Fsp3) is 0.650. The molecule has 2 heterocycles. The lowest BCUT2D eigenvalue weighted by Gasteiger charge is -2.39. The van der Waals surface area contributed by atoms with E-state index in [2.05, 4.69) is 24.1 Å². The number of hydrogen-bond acceptors (Lipinski definition) is 2. The third kappa shape index (κ3) is 4.73. The highest BCUT2D eigenvalue weighted by molar-refractivity contribution is 5.89. The van der Waals surface area contributed by atoms with Gasteiger partial charge in [-0.25, -0.2) is 4.79 Å². The molecule has 0 unspecified atom stereocenters. The van der Waals surface area contributed by atoms with E-state index in [0.717, 1.165) is 49.4 Å². The van der Waals surface area contributed by atoms with E-state index in [0.29, 0.717) is 0 Å². The van der Waals surface area contributed by atoms with E-state index in [1.54, 1.807) is 0 Å². The first-order valence-corrected chi connectivity index (χ1v) is 9.43. The minimum atomic E-state index is 0.0415. The first-order chi connectivity index (χ1) is 11.6. The SMILES string of the molecule is C[C@H]1C[C@H](C)CN(CC2CCN(C(=O)Nc3ccccc3)CC2)C1. The van der Waals surface area contributed by atoms with E-state index in [9.17, 15) is 4.79 Å². The Hall–Kier alpha value is -1.55. The molecule has 0 radical (unpaired) electrons. The van der Waals surface area contributed by atoms with E-state index in [-0.39, 0.29) is 6.03 Å². The summed E-state index contributed by atoms with van der Waals surface area (Å²) in [6.45, 7) is 10.2. The van der Waals surface area contributed by atoms with E-state index in [4.69, 9.17) is 0 Å². The summed E-state index contributed by atoms with van der Waals surface area (Å²) >= 11 is 0. The molecule has 1 aromatic rings. The molecule has 1 aromatic carbocycles. The number of benzene rings is 1. The normalized spacial score (nSPS) is 26.3. The predicted octanol–water partition coefficient (Wildman–Crippen LogP) is 3.91. The molecule has 2 atom stereocenters. The highest BCUT2D eigenvalue weighted by Crippen LogP contribution is 2.25. The zero-order valence-corrected chi connectivity index (χ0v) is 15.1. The summed E-state index contributed by atoms with van der Waals surface area (Å²) in [6, 6.07) is 9.76. The second-order valence-corrected chi connectivity index (χ2v) is 7.89. The van der Waals surface area contributed by atoms with E-state index in [1.165, 1.54) is 26.1 Å². The van der Waals surface area contributed by atoms with Crippen LogP contribution in [0.2, 0.25) is 0 Å². The summed E-state index contributed by atoms with van der Waals surface area (Å²) in [6.07, 6.45) is 3.62. The van der Waals surface area contributed by atoms with E-state index >= 15 is 0 Å². The van der Waals surface area contributed by atoms with Crippen LogP contribution in [0, 0.1) is 17.8 Å². The van der Waals surface area contributed by atoms with Crippen LogP contribution in [0.1, 0.15) is 33.1 Å². The van der Waals surface area contributed by atoms with Crippen molar-refractivity contribution in [3.8, 4) is 0 Å². The second kappa shape index (κ2) is 8.02. The van der Waals surface area contributed by atoms with Crippen LogP contribution in [0.4, 0.5) is 10.5 Å². The summed E-state index contributed by atoms with van der Waals surface area (Å²) in [5.41, 5.74) is 0.876. The standard InChI is InChI=1S/C20H31N3O/c1-16-12-17(2)14-22(13-16)15-18-8-10-23(11-9-18)20(24)21-19-6-4-3-5-7-19/h3-7,16-18H,8-15H2,1-2H3,(H,21,24)/t16-,17-/m0/s1. The number of carbonyl (C=O) groups excluding carboxylic acids is 1. The van der Waals surface area contributed by atoms with Crippen molar-refractivity contribution in [3.05, 3.63) is 30.3 Å². The van der Waals surface area contributed by atoms with Crippen molar-refractivity contribution in [2.24, 2.45) is 17.8 Å². The second-order valence-electron chi connectivity index (χ2n) is 7.89. The minimum absolute atomic E-state index is 0.0415. The summed E-state index contributed by atoms with van der Waals surface area (Å²) in [5.74, 6) is 2.39. The molecular formula is C20H31N3O. The zero-order chi connectivity index (χ0) is 16.9. The third-order valence-electron chi connectivity index (χ3n) is 5.39. The van der Waals surface area contributed by atoms with E-state index in [1.807, 2.05) is 35.2 Å². The molecule has 0 aliphatic carbocycles. The lowest BCUT2D eigenvalue weighted by Crippen LogP contribution is -2.46. The van der Waals surface area contributed by atoms with Crippen molar-refractivity contribution in [2.45, 2.75) is 33.1 Å². The van der Waals surface area contributed by atoms with E-state index < -0.39 is 0 Å². The number of anilines is 1. The van der Waals surface area contributed by atoms with Gasteiger partial charge in [0.15, 0.2) is 0 Å². The topological polar surface area (TPSA) is 35.6 Å². The Morgan fingerprint density at radius 1 is 1.08 bits per heavy atom. The quantitative estimate of drug-likeness (QED) is 0.912. The van der Waals surface area contributed by atoms with Crippen LogP contribution in [-0.4, -0.2) is 48.6 Å². The number of likely N-dealkylation sites (tertiary alicyclic amines) is 2. The molecule has 0 spiro atoms. The number of para-hydroxylation sites is 1. The molecule has 2 aliphatic rings. The van der Waals surface area contributed by atoms with Gasteiger partial charge in [0.05, 0.1) is 0 Å². The first kappa shape index (κ1) is 17.3. The molecular weight excluding hydrogens is 298 g/mol. The van der Waals surface area contributed by atoms with Gasteiger partial charge in [0, 0.05) is 38.4 Å². The van der Waals surface area contributed by atoms with Gasteiger partial charge in [-0.05, 0) is 49.1 Å². The van der Waals surface area contributed by atoms with Crippen LogP contribution in [0.5, 0.6) is 0 Å². The van der Waals surface area contributed by atoms with Gasteiger partial charge in [-0.1, -0.05) is 32.0 Å². The van der Waals surface area contributed by atoms with Gasteiger partial charge < -0.3 is 15.1 Å². The van der Waals surface area contributed by atoms with Crippen LogP contribution in [0.15, 0.2) is 30.3 Å². The van der Waals surface area contributed by atoms with Gasteiger partial charge in [0.2, 0.25) is 0 Å². The molecule has 3 rings (SSSR count). The molecule has 132 valence electrons. The smallest absolute Gasteiger partial charge is 0.321 e. The largest absolute Gasteiger partial charge is 0.325 e. The molecule has 0 aromatic heterocycles. The molecule has 4 heteroatoms. The summed E-state index contributed by atoms with van der Waals surface area (Å²) < 4.78 is 0. The van der Waals surface area contributed by atoms with Crippen LogP contribution in [0.25, 0.3) is 0 Å². The molecule has 2 fully saturated rings. The van der Waals surface area contributed by atoms with Gasteiger partial charge >= 0.3 is 6.03 Å². The van der Waals surface area contributed by atoms with Crippen LogP contribution in [-0.2, 0) is 0 Å². The summed E-state index contributed by atoms with van der Waals surface area (Å²) in [5, 5.41) is 3.00. The highest BCUT2D eigenvalue weighted by Gasteiger charge is 2.27. The molecule has 0 bridgehead atoms. The number of urea groups is 1. The van der Waals surface area contributed by atoms with Crippen molar-refractivity contribution in [3.63, 3.8) is 0 Å². The van der Waals surface area contributed by atoms with Gasteiger partial charge in [0.1, 0.15) is 0 Å². The number of nitrogens with zero attached hydrogens (tertiary/aromatic N) is 2. The zero-order valence-electron chi connectivity index (χ0n) is 15.1. The lowest BCUT2D eigenvalue weighted by atomic mass is 9.89. The highest BCUT2D eigenvalue weighted by atomic mass is 16.2. The Morgan fingerprint density at radius 3 is 2.33 bits per heavy atom. The number of piperidine rings is 2.